The minimum absolute atomic E-state index is 0.0461. The zero-order chi connectivity index (χ0) is 16.4. The second kappa shape index (κ2) is 6.81. The van der Waals surface area contributed by atoms with Crippen LogP contribution in [0.3, 0.4) is 0 Å². The summed E-state index contributed by atoms with van der Waals surface area (Å²) in [7, 11) is 3.61. The molecule has 23 heavy (non-hydrogen) atoms. The normalized spacial score (nSPS) is 27.9. The third kappa shape index (κ3) is 3.16. The molecule has 1 saturated heterocycles. The molecule has 2 aliphatic heterocycles. The zero-order valence-electron chi connectivity index (χ0n) is 13.6. The van der Waals surface area contributed by atoms with E-state index >= 15 is 0 Å². The Kier molecular flexibility index (Phi) is 4.78. The first-order chi connectivity index (χ1) is 11.1. The fraction of sp³-hybridized carbons (Fsp3) is 0.500. The number of aliphatic hydroxyl groups is 1. The van der Waals surface area contributed by atoms with Gasteiger partial charge in [0.2, 0.25) is 0 Å². The van der Waals surface area contributed by atoms with Crippen LogP contribution in [0, 0.1) is 5.82 Å². The van der Waals surface area contributed by atoms with Crippen molar-refractivity contribution in [3.63, 3.8) is 0 Å². The van der Waals surface area contributed by atoms with Gasteiger partial charge in [0.25, 0.3) is 0 Å². The molecule has 3 unspecified atom stereocenters. The molecule has 0 amide bonds. The first-order valence-corrected chi connectivity index (χ1v) is 8.04. The summed E-state index contributed by atoms with van der Waals surface area (Å²) in [5.41, 5.74) is 3.55. The quantitative estimate of drug-likeness (QED) is 0.671. The molecule has 0 saturated carbocycles. The highest BCUT2D eigenvalue weighted by Crippen LogP contribution is 2.43. The minimum Gasteiger partial charge on any atom is -0.399 e. The largest absolute Gasteiger partial charge is 0.399 e. The third-order valence-electron chi connectivity index (χ3n) is 4.99. The van der Waals surface area contributed by atoms with Gasteiger partial charge in [-0.05, 0) is 61.6 Å². The van der Waals surface area contributed by atoms with E-state index in [4.69, 9.17) is 4.84 Å². The van der Waals surface area contributed by atoms with Crippen LogP contribution in [0.15, 0.2) is 35.0 Å². The molecule has 1 aromatic rings. The summed E-state index contributed by atoms with van der Waals surface area (Å²) in [4.78, 5) is 6.99. The van der Waals surface area contributed by atoms with E-state index in [1.807, 2.05) is 12.1 Å². The number of benzene rings is 1. The van der Waals surface area contributed by atoms with Crippen molar-refractivity contribution in [2.75, 3.05) is 14.2 Å². The maximum atomic E-state index is 13.2. The Hall–Kier alpha value is -1.72. The summed E-state index contributed by atoms with van der Waals surface area (Å²) in [6.45, 7) is 0. The van der Waals surface area contributed by atoms with E-state index < -0.39 is 0 Å². The number of rotatable bonds is 5. The molecule has 3 atom stereocenters. The summed E-state index contributed by atoms with van der Waals surface area (Å²) in [6, 6.07) is 7.08. The SMILES string of the molecule is CON=CCCC1=C(c2ccc(F)cc2)CC2CC(O)C1N2C. The maximum Gasteiger partial charge on any atom is 0.123 e. The second-order valence-electron chi connectivity index (χ2n) is 6.29. The fourth-order valence-corrected chi connectivity index (χ4v) is 3.92. The van der Waals surface area contributed by atoms with Crippen LogP contribution >= 0.6 is 0 Å². The molecule has 3 rings (SSSR count). The molecule has 5 heteroatoms. The highest BCUT2D eigenvalue weighted by molar-refractivity contribution is 5.72. The van der Waals surface area contributed by atoms with E-state index in [-0.39, 0.29) is 18.0 Å². The number of aliphatic hydroxyl groups excluding tert-OH is 1. The van der Waals surface area contributed by atoms with Gasteiger partial charge in [-0.1, -0.05) is 17.3 Å². The molecule has 2 aliphatic rings. The Bertz CT molecular complexity index is 612. The molecular weight excluding hydrogens is 295 g/mol. The van der Waals surface area contributed by atoms with E-state index in [1.54, 1.807) is 6.21 Å². The number of hydrogen-bond acceptors (Lipinski definition) is 4. The first kappa shape index (κ1) is 16.1. The van der Waals surface area contributed by atoms with Crippen LogP contribution < -0.4 is 0 Å². The lowest BCUT2D eigenvalue weighted by atomic mass is 9.86. The average Bonchev–Trinajstić information content (AvgIpc) is 2.72. The van der Waals surface area contributed by atoms with Gasteiger partial charge in [-0.3, -0.25) is 4.90 Å². The van der Waals surface area contributed by atoms with E-state index in [0.717, 1.165) is 31.2 Å². The number of halogens is 1. The van der Waals surface area contributed by atoms with Crippen LogP contribution in [-0.4, -0.2) is 48.6 Å². The molecule has 0 aromatic heterocycles. The molecule has 1 aromatic carbocycles. The summed E-state index contributed by atoms with van der Waals surface area (Å²) < 4.78 is 13.2. The van der Waals surface area contributed by atoms with Gasteiger partial charge in [-0.2, -0.15) is 0 Å². The van der Waals surface area contributed by atoms with Crippen molar-refractivity contribution in [3.05, 3.63) is 41.2 Å². The van der Waals surface area contributed by atoms with Crippen LogP contribution in [0.1, 0.15) is 31.2 Å². The van der Waals surface area contributed by atoms with Crippen molar-refractivity contribution in [2.24, 2.45) is 5.16 Å². The van der Waals surface area contributed by atoms with Crippen molar-refractivity contribution < 1.29 is 14.3 Å². The Morgan fingerprint density at radius 3 is 2.83 bits per heavy atom. The molecule has 4 nitrogen and oxygen atoms in total. The van der Waals surface area contributed by atoms with Crippen LogP contribution in [0.5, 0.6) is 0 Å². The van der Waals surface area contributed by atoms with Crippen molar-refractivity contribution >= 4 is 11.8 Å². The first-order valence-electron chi connectivity index (χ1n) is 8.04. The molecule has 124 valence electrons. The van der Waals surface area contributed by atoms with Crippen LogP contribution in [-0.2, 0) is 4.84 Å². The molecule has 0 aliphatic carbocycles. The maximum absolute atomic E-state index is 13.2. The van der Waals surface area contributed by atoms with Gasteiger partial charge < -0.3 is 9.94 Å². The van der Waals surface area contributed by atoms with Gasteiger partial charge in [-0.25, -0.2) is 4.39 Å². The minimum atomic E-state index is -0.336. The smallest absolute Gasteiger partial charge is 0.123 e. The van der Waals surface area contributed by atoms with Crippen LogP contribution in [0.25, 0.3) is 5.57 Å². The third-order valence-corrected chi connectivity index (χ3v) is 4.99. The highest BCUT2D eigenvalue weighted by Gasteiger charge is 2.44. The van der Waals surface area contributed by atoms with Crippen molar-refractivity contribution in [1.29, 1.82) is 0 Å². The lowest BCUT2D eigenvalue weighted by molar-refractivity contribution is 0.139. The molecule has 1 fully saturated rings. The highest BCUT2D eigenvalue weighted by atomic mass is 19.1. The van der Waals surface area contributed by atoms with Crippen LogP contribution in [0.2, 0.25) is 0 Å². The van der Waals surface area contributed by atoms with Crippen molar-refractivity contribution in [1.82, 2.24) is 4.90 Å². The molecule has 2 bridgehead atoms. The molecular formula is C18H23FN2O2. The standard InChI is InChI=1S/C18H23FN2O2/c1-21-14-10-16(12-5-7-13(19)8-6-12)15(4-3-9-20-23-2)18(21)17(22)11-14/h5-9,14,17-18,22H,3-4,10-11H2,1-2H3. The lowest BCUT2D eigenvalue weighted by Gasteiger charge is -2.36. The predicted octanol–water partition coefficient (Wildman–Crippen LogP) is 2.83. The van der Waals surface area contributed by atoms with E-state index in [2.05, 4.69) is 17.1 Å². The van der Waals surface area contributed by atoms with Gasteiger partial charge in [0, 0.05) is 12.3 Å². The fourth-order valence-electron chi connectivity index (χ4n) is 3.92. The van der Waals surface area contributed by atoms with Crippen molar-refractivity contribution in [3.8, 4) is 0 Å². The monoisotopic (exact) mass is 318 g/mol. The molecule has 0 spiro atoms. The topological polar surface area (TPSA) is 45.1 Å². The Balaban J connectivity index is 1.95. The van der Waals surface area contributed by atoms with E-state index in [9.17, 15) is 9.50 Å². The number of likely N-dealkylation sites (N-methyl/N-ethyl adjacent to an activating group) is 1. The Morgan fingerprint density at radius 2 is 2.13 bits per heavy atom. The molecule has 1 N–H and O–H groups in total. The van der Waals surface area contributed by atoms with Gasteiger partial charge in [0.1, 0.15) is 12.9 Å². The van der Waals surface area contributed by atoms with Crippen molar-refractivity contribution in [2.45, 2.75) is 43.9 Å². The summed E-state index contributed by atoms with van der Waals surface area (Å²) >= 11 is 0. The second-order valence-corrected chi connectivity index (χ2v) is 6.29. The van der Waals surface area contributed by atoms with Gasteiger partial charge in [-0.15, -0.1) is 0 Å². The molecule has 0 radical (unpaired) electrons. The average molecular weight is 318 g/mol. The summed E-state index contributed by atoms with van der Waals surface area (Å²) in [6.07, 6.45) is 4.68. The summed E-state index contributed by atoms with van der Waals surface area (Å²) in [5, 5.41) is 14.2. The number of oxime groups is 1. The van der Waals surface area contributed by atoms with Gasteiger partial charge >= 0.3 is 0 Å². The lowest BCUT2D eigenvalue weighted by Crippen LogP contribution is -2.40. The zero-order valence-corrected chi connectivity index (χ0v) is 13.6. The Labute approximate surface area is 136 Å². The van der Waals surface area contributed by atoms with Gasteiger partial charge in [0.15, 0.2) is 0 Å². The van der Waals surface area contributed by atoms with E-state index in [0.29, 0.717) is 6.04 Å². The van der Waals surface area contributed by atoms with E-state index in [1.165, 1.54) is 30.4 Å². The number of fused-ring (bicyclic) bond motifs is 2. The Morgan fingerprint density at radius 1 is 1.39 bits per heavy atom. The van der Waals surface area contributed by atoms with Gasteiger partial charge in [0.05, 0.1) is 12.1 Å². The number of hydrogen-bond donors (Lipinski definition) is 1. The molecule has 2 heterocycles. The predicted molar refractivity (Wildman–Crippen MR) is 88.6 cm³/mol. The summed E-state index contributed by atoms with van der Waals surface area (Å²) in [5.74, 6) is -0.223. The number of nitrogens with zero attached hydrogens (tertiary/aromatic N) is 2. The van der Waals surface area contributed by atoms with Crippen LogP contribution in [0.4, 0.5) is 4.39 Å².